The molecule has 24 heavy (non-hydrogen) atoms. The van der Waals surface area contributed by atoms with E-state index < -0.39 is 11.9 Å². The second kappa shape index (κ2) is 8.18. The Bertz CT molecular complexity index is 721. The number of rotatable bonds is 6. The number of ether oxygens (including phenoxy) is 1. The summed E-state index contributed by atoms with van der Waals surface area (Å²) in [5.41, 5.74) is 1.02. The van der Waals surface area contributed by atoms with Crippen molar-refractivity contribution in [1.82, 2.24) is 0 Å². The van der Waals surface area contributed by atoms with E-state index in [0.717, 1.165) is 5.56 Å². The van der Waals surface area contributed by atoms with Gasteiger partial charge in [0, 0.05) is 6.42 Å². The van der Waals surface area contributed by atoms with Crippen molar-refractivity contribution in [2.45, 2.75) is 12.8 Å². The van der Waals surface area contributed by atoms with Crippen LogP contribution in [0.1, 0.15) is 22.3 Å². The zero-order valence-corrected chi connectivity index (χ0v) is 14.5. The minimum atomic E-state index is -0.667. The van der Waals surface area contributed by atoms with Gasteiger partial charge in [0.05, 0.1) is 28.6 Å². The molecule has 2 rings (SSSR count). The van der Waals surface area contributed by atoms with Crippen molar-refractivity contribution in [3.8, 4) is 5.75 Å². The molecule has 0 aromatic heterocycles. The summed E-state index contributed by atoms with van der Waals surface area (Å²) in [4.78, 5) is 24.6. The molecule has 0 unspecified atom stereocenters. The van der Waals surface area contributed by atoms with Crippen LogP contribution in [0.3, 0.4) is 0 Å². The first kappa shape index (κ1) is 18.3. The van der Waals surface area contributed by atoms with Gasteiger partial charge in [-0.3, -0.25) is 9.59 Å². The molecule has 0 amide bonds. The van der Waals surface area contributed by atoms with E-state index in [2.05, 4.69) is 0 Å². The molecule has 0 spiro atoms. The first-order valence-electron chi connectivity index (χ1n) is 7.25. The number of carbonyl (C=O) groups is 2. The molecule has 0 radical (unpaired) electrons. The van der Waals surface area contributed by atoms with Crippen LogP contribution in [-0.4, -0.2) is 24.0 Å². The first-order chi connectivity index (χ1) is 11.4. The highest BCUT2D eigenvalue weighted by Crippen LogP contribution is 2.28. The Hall–Kier alpha value is -2.04. The Morgan fingerprint density at radius 3 is 2.21 bits per heavy atom. The van der Waals surface area contributed by atoms with E-state index in [-0.39, 0.29) is 33.6 Å². The number of methoxy groups -OCH3 is 1. The molecule has 126 valence electrons. The summed E-state index contributed by atoms with van der Waals surface area (Å²) in [6.45, 7) is 0. The highest BCUT2D eigenvalue weighted by Gasteiger charge is 2.26. The van der Waals surface area contributed by atoms with Gasteiger partial charge < -0.3 is 9.84 Å². The molecule has 0 aliphatic heterocycles. The maximum Gasteiger partial charge on any atom is 0.309 e. The maximum atomic E-state index is 12.5. The van der Waals surface area contributed by atoms with Crippen LogP contribution in [-0.2, 0) is 16.0 Å². The van der Waals surface area contributed by atoms with E-state index in [1.807, 2.05) is 0 Å². The third kappa shape index (κ3) is 4.49. The molecule has 1 atom stereocenters. The van der Waals surface area contributed by atoms with E-state index in [4.69, 9.17) is 27.9 Å². The Balaban J connectivity index is 2.21. The average Bonchev–Trinajstić information content (AvgIpc) is 2.55. The standard InChI is InChI=1S/C18H16Cl2O4/c1-24-18(23)12(9-11-5-7-13(21)8-6-11)10-16(22)17-14(19)3-2-4-15(17)20/h2-8,12,21H,9-10H2,1H3/t12-/m1/s1. The first-order valence-corrected chi connectivity index (χ1v) is 8.01. The summed E-state index contributed by atoms with van der Waals surface area (Å²) in [6, 6.07) is 11.2. The number of carbonyl (C=O) groups excluding carboxylic acids is 2. The number of esters is 1. The van der Waals surface area contributed by atoms with Crippen LogP contribution in [0.25, 0.3) is 0 Å². The molecule has 0 aliphatic carbocycles. The second-order valence-electron chi connectivity index (χ2n) is 5.31. The largest absolute Gasteiger partial charge is 0.508 e. The van der Waals surface area contributed by atoms with Gasteiger partial charge in [0.1, 0.15) is 5.75 Å². The number of phenols is 1. The number of ketones is 1. The summed E-state index contributed by atoms with van der Waals surface area (Å²) in [5.74, 6) is -1.34. The molecule has 0 aliphatic rings. The third-order valence-corrected chi connectivity index (χ3v) is 4.26. The third-order valence-electron chi connectivity index (χ3n) is 3.63. The SMILES string of the molecule is COC(=O)[C@@H](CC(=O)c1c(Cl)cccc1Cl)Cc1ccc(O)cc1. The summed E-state index contributed by atoms with van der Waals surface area (Å²) in [5, 5.41) is 9.83. The Morgan fingerprint density at radius 1 is 1.08 bits per heavy atom. The number of hydrogen-bond acceptors (Lipinski definition) is 4. The molecule has 2 aromatic rings. The topological polar surface area (TPSA) is 63.6 Å². The van der Waals surface area contributed by atoms with Crippen molar-refractivity contribution in [3.63, 3.8) is 0 Å². The van der Waals surface area contributed by atoms with E-state index in [1.54, 1.807) is 30.3 Å². The fourth-order valence-corrected chi connectivity index (χ4v) is 3.02. The molecular formula is C18H16Cl2O4. The van der Waals surface area contributed by atoms with Gasteiger partial charge in [-0.1, -0.05) is 41.4 Å². The van der Waals surface area contributed by atoms with Gasteiger partial charge in [0.15, 0.2) is 5.78 Å². The minimum Gasteiger partial charge on any atom is -0.508 e. The van der Waals surface area contributed by atoms with E-state index in [1.165, 1.54) is 19.2 Å². The lowest BCUT2D eigenvalue weighted by atomic mass is 9.92. The van der Waals surface area contributed by atoms with E-state index in [0.29, 0.717) is 6.42 Å². The van der Waals surface area contributed by atoms with Crippen LogP contribution in [0.4, 0.5) is 0 Å². The van der Waals surface area contributed by atoms with Crippen molar-refractivity contribution < 1.29 is 19.4 Å². The van der Waals surface area contributed by atoms with E-state index in [9.17, 15) is 14.7 Å². The van der Waals surface area contributed by atoms with E-state index >= 15 is 0 Å². The fourth-order valence-electron chi connectivity index (χ4n) is 2.41. The normalized spacial score (nSPS) is 11.8. The van der Waals surface area contributed by atoms with Gasteiger partial charge >= 0.3 is 5.97 Å². The second-order valence-corrected chi connectivity index (χ2v) is 6.13. The highest BCUT2D eigenvalue weighted by atomic mass is 35.5. The van der Waals surface area contributed by atoms with Gasteiger partial charge in [0.2, 0.25) is 0 Å². The van der Waals surface area contributed by atoms with Crippen LogP contribution in [0.5, 0.6) is 5.75 Å². The summed E-state index contributed by atoms with van der Waals surface area (Å²) < 4.78 is 4.80. The van der Waals surface area contributed by atoms with Gasteiger partial charge in [-0.25, -0.2) is 0 Å². The minimum absolute atomic E-state index is 0.0724. The Kier molecular flexibility index (Phi) is 6.23. The molecule has 0 heterocycles. The molecule has 0 fully saturated rings. The van der Waals surface area contributed by atoms with Crippen molar-refractivity contribution in [1.29, 1.82) is 0 Å². The quantitative estimate of drug-likeness (QED) is 0.611. The molecule has 2 aromatic carbocycles. The Labute approximate surface area is 150 Å². The summed E-state index contributed by atoms with van der Waals surface area (Å²) in [7, 11) is 1.28. The van der Waals surface area contributed by atoms with Gasteiger partial charge in [-0.15, -0.1) is 0 Å². The zero-order chi connectivity index (χ0) is 17.7. The van der Waals surface area contributed by atoms with Crippen LogP contribution in [0.2, 0.25) is 10.0 Å². The number of phenolic OH excluding ortho intramolecular Hbond substituents is 1. The van der Waals surface area contributed by atoms with Crippen molar-refractivity contribution in [2.24, 2.45) is 5.92 Å². The molecule has 0 saturated carbocycles. The van der Waals surface area contributed by atoms with Crippen LogP contribution >= 0.6 is 23.2 Å². The average molecular weight is 367 g/mol. The van der Waals surface area contributed by atoms with Crippen molar-refractivity contribution in [2.75, 3.05) is 7.11 Å². The lowest BCUT2D eigenvalue weighted by Crippen LogP contribution is -2.22. The Morgan fingerprint density at radius 2 is 1.67 bits per heavy atom. The zero-order valence-electron chi connectivity index (χ0n) is 13.0. The fraction of sp³-hybridized carbons (Fsp3) is 0.222. The molecule has 1 N–H and O–H groups in total. The van der Waals surface area contributed by atoms with Crippen LogP contribution in [0.15, 0.2) is 42.5 Å². The van der Waals surface area contributed by atoms with Crippen molar-refractivity contribution in [3.05, 3.63) is 63.6 Å². The van der Waals surface area contributed by atoms with Crippen LogP contribution < -0.4 is 0 Å². The highest BCUT2D eigenvalue weighted by molar-refractivity contribution is 6.39. The number of halogens is 2. The number of Topliss-reactive ketones (excluding diaryl/α,β-unsaturated/α-hetero) is 1. The summed E-state index contributed by atoms with van der Waals surface area (Å²) >= 11 is 12.1. The summed E-state index contributed by atoms with van der Waals surface area (Å²) in [6.07, 6.45) is 0.234. The van der Waals surface area contributed by atoms with Crippen molar-refractivity contribution >= 4 is 35.0 Å². The molecular weight excluding hydrogens is 351 g/mol. The molecule has 0 bridgehead atoms. The number of aromatic hydroxyl groups is 1. The van der Waals surface area contributed by atoms with Gasteiger partial charge in [-0.2, -0.15) is 0 Å². The van der Waals surface area contributed by atoms with Gasteiger partial charge in [-0.05, 0) is 36.2 Å². The number of hydrogen-bond donors (Lipinski definition) is 1. The molecule has 4 nitrogen and oxygen atoms in total. The maximum absolute atomic E-state index is 12.5. The lowest BCUT2D eigenvalue weighted by Gasteiger charge is -2.15. The number of benzene rings is 2. The predicted octanol–water partition coefficient (Wildman–Crippen LogP) is 4.30. The van der Waals surface area contributed by atoms with Crippen LogP contribution in [0, 0.1) is 5.92 Å². The monoisotopic (exact) mass is 366 g/mol. The smallest absolute Gasteiger partial charge is 0.309 e. The van der Waals surface area contributed by atoms with Gasteiger partial charge in [0.25, 0.3) is 0 Å². The molecule has 6 heteroatoms. The lowest BCUT2D eigenvalue weighted by molar-refractivity contribution is -0.145. The molecule has 0 saturated heterocycles. The predicted molar refractivity (Wildman–Crippen MR) is 92.7 cm³/mol.